The second-order valence-corrected chi connectivity index (χ2v) is 5.97. The molecule has 1 atom stereocenters. The van der Waals surface area contributed by atoms with Gasteiger partial charge in [0, 0.05) is 11.1 Å². The summed E-state index contributed by atoms with van der Waals surface area (Å²) < 4.78 is 32.6. The van der Waals surface area contributed by atoms with Gasteiger partial charge in [-0.15, -0.1) is 0 Å². The van der Waals surface area contributed by atoms with E-state index < -0.39 is 11.4 Å². The van der Waals surface area contributed by atoms with Crippen molar-refractivity contribution >= 4 is 11.4 Å². The third kappa shape index (κ3) is 3.42. The molecule has 0 heterocycles. The topological polar surface area (TPSA) is 58.6 Å². The van der Waals surface area contributed by atoms with E-state index in [4.69, 9.17) is 8.92 Å². The number of hydrogen-bond acceptors (Lipinski definition) is 4. The Kier molecular flexibility index (Phi) is 5.42. The van der Waals surface area contributed by atoms with Gasteiger partial charge in [0.2, 0.25) is 0 Å². The van der Waals surface area contributed by atoms with Crippen molar-refractivity contribution in [1.82, 2.24) is 0 Å². The monoisotopic (exact) mass is 321 g/mol. The van der Waals surface area contributed by atoms with Crippen molar-refractivity contribution in [3.63, 3.8) is 0 Å². The first-order valence-electron chi connectivity index (χ1n) is 7.47. The molecule has 0 aliphatic heterocycles. The lowest BCUT2D eigenvalue weighted by Gasteiger charge is -2.10. The molecular formula is C17H21O4S-. The standard InChI is InChI=1S/C17H22O4S/c1-5-12-9-15(21-22(18)19)14-8-7-13(11(3)4)10-16(17(12)14)20-6-2/h7-11H,5-6H2,1-4H3,(H,18,19)/p-1. The molecule has 0 radical (unpaired) electrons. The average molecular weight is 321 g/mol. The Bertz CT molecular complexity index is 652. The van der Waals surface area contributed by atoms with Crippen LogP contribution >= 0.6 is 0 Å². The largest absolute Gasteiger partial charge is 0.740 e. The number of rotatable bonds is 6. The number of hydrogen-bond donors (Lipinski definition) is 0. The smallest absolute Gasteiger partial charge is 0.147 e. The van der Waals surface area contributed by atoms with Crippen molar-refractivity contribution < 1.29 is 17.7 Å². The molecular weight excluding hydrogens is 300 g/mol. The highest BCUT2D eigenvalue weighted by atomic mass is 32.2. The molecule has 1 unspecified atom stereocenters. The summed E-state index contributed by atoms with van der Waals surface area (Å²) in [5, 5.41) is 0. The molecule has 0 saturated heterocycles. The van der Waals surface area contributed by atoms with E-state index in [-0.39, 0.29) is 0 Å². The van der Waals surface area contributed by atoms with E-state index in [2.05, 4.69) is 13.8 Å². The van der Waals surface area contributed by atoms with Crippen molar-refractivity contribution in [2.45, 2.75) is 40.0 Å². The minimum absolute atomic E-state index is 0.346. The highest BCUT2D eigenvalue weighted by Gasteiger charge is 2.21. The Morgan fingerprint density at radius 1 is 1.18 bits per heavy atom. The zero-order chi connectivity index (χ0) is 16.3. The van der Waals surface area contributed by atoms with Crippen LogP contribution in [0, 0.1) is 0 Å². The molecule has 0 aromatic carbocycles. The minimum Gasteiger partial charge on any atom is -0.740 e. The Balaban J connectivity index is 2.72. The van der Waals surface area contributed by atoms with Gasteiger partial charge in [0.15, 0.2) is 0 Å². The highest BCUT2D eigenvalue weighted by Crippen LogP contribution is 2.44. The van der Waals surface area contributed by atoms with Crippen molar-refractivity contribution in [3.8, 4) is 22.6 Å². The second kappa shape index (κ2) is 7.11. The first-order chi connectivity index (χ1) is 10.5. The normalized spacial score (nSPS) is 12.6. The van der Waals surface area contributed by atoms with Crippen LogP contribution < -0.4 is 8.92 Å². The van der Waals surface area contributed by atoms with Gasteiger partial charge in [-0.1, -0.05) is 32.9 Å². The maximum Gasteiger partial charge on any atom is 0.147 e. The minimum atomic E-state index is -2.59. The summed E-state index contributed by atoms with van der Waals surface area (Å²) >= 11 is -2.59. The molecule has 0 spiro atoms. The van der Waals surface area contributed by atoms with Crippen LogP contribution in [0.15, 0.2) is 24.3 Å². The first-order valence-corrected chi connectivity index (χ1v) is 8.47. The van der Waals surface area contributed by atoms with Gasteiger partial charge in [0.05, 0.1) is 6.61 Å². The number of aryl methyl sites for hydroxylation is 1. The summed E-state index contributed by atoms with van der Waals surface area (Å²) in [5.74, 6) is 1.47. The highest BCUT2D eigenvalue weighted by molar-refractivity contribution is 7.74. The van der Waals surface area contributed by atoms with E-state index >= 15 is 0 Å². The van der Waals surface area contributed by atoms with E-state index in [9.17, 15) is 8.76 Å². The molecule has 0 aromatic rings. The van der Waals surface area contributed by atoms with Crippen LogP contribution in [-0.2, 0) is 17.8 Å². The fourth-order valence-electron chi connectivity index (χ4n) is 2.56. The van der Waals surface area contributed by atoms with Gasteiger partial charge >= 0.3 is 0 Å². The average Bonchev–Trinajstić information content (AvgIpc) is 2.66. The zero-order valence-electron chi connectivity index (χ0n) is 13.3. The molecule has 0 N–H and O–H groups in total. The maximum absolute atomic E-state index is 10.9. The lowest BCUT2D eigenvalue weighted by Crippen LogP contribution is -1.97. The summed E-state index contributed by atoms with van der Waals surface area (Å²) in [6, 6.07) is 7.72. The van der Waals surface area contributed by atoms with Crippen molar-refractivity contribution in [1.29, 1.82) is 0 Å². The van der Waals surface area contributed by atoms with Crippen LogP contribution in [0.25, 0.3) is 11.1 Å². The summed E-state index contributed by atoms with van der Waals surface area (Å²) in [5.41, 5.74) is 3.84. The molecule has 0 bridgehead atoms. The van der Waals surface area contributed by atoms with Crippen LogP contribution in [0.2, 0.25) is 0 Å². The molecule has 0 saturated carbocycles. The Morgan fingerprint density at radius 3 is 2.45 bits per heavy atom. The molecule has 5 heteroatoms. The number of fused-ring (bicyclic) bond motifs is 1. The maximum atomic E-state index is 10.9. The van der Waals surface area contributed by atoms with Crippen LogP contribution in [0.5, 0.6) is 11.5 Å². The molecule has 2 aliphatic rings. The predicted molar refractivity (Wildman–Crippen MR) is 87.2 cm³/mol. The summed E-state index contributed by atoms with van der Waals surface area (Å²) in [6.07, 6.45) is 0.770. The van der Waals surface area contributed by atoms with E-state index in [0.29, 0.717) is 18.3 Å². The van der Waals surface area contributed by atoms with Crippen molar-refractivity contribution in [2.24, 2.45) is 0 Å². The van der Waals surface area contributed by atoms with Gasteiger partial charge in [-0.3, -0.25) is 0 Å². The summed E-state index contributed by atoms with van der Waals surface area (Å²) in [7, 11) is 0. The molecule has 2 aliphatic carbocycles. The molecule has 4 nitrogen and oxygen atoms in total. The van der Waals surface area contributed by atoms with Crippen LogP contribution in [-0.4, -0.2) is 15.4 Å². The third-order valence-electron chi connectivity index (χ3n) is 3.65. The first kappa shape index (κ1) is 16.8. The van der Waals surface area contributed by atoms with Gasteiger partial charge in [0.1, 0.15) is 22.9 Å². The SMILES string of the molecule is CCOc1cc(C(C)C)ccc2c(OS(=O)[O-])cc(CC)c1-2. The van der Waals surface area contributed by atoms with Crippen LogP contribution in [0.3, 0.4) is 0 Å². The van der Waals surface area contributed by atoms with Gasteiger partial charge in [-0.2, -0.15) is 0 Å². The van der Waals surface area contributed by atoms with Crippen molar-refractivity contribution in [2.75, 3.05) is 6.61 Å². The molecule has 0 fully saturated rings. The Labute approximate surface area is 134 Å². The van der Waals surface area contributed by atoms with E-state index in [0.717, 1.165) is 34.4 Å². The fourth-order valence-corrected chi connectivity index (χ4v) is 2.85. The predicted octanol–water partition coefficient (Wildman–Crippen LogP) is 4.05. The quantitative estimate of drug-likeness (QED) is 0.753. The van der Waals surface area contributed by atoms with Gasteiger partial charge in [0.25, 0.3) is 0 Å². The molecule has 0 amide bonds. The van der Waals surface area contributed by atoms with E-state index in [1.807, 2.05) is 32.0 Å². The molecule has 120 valence electrons. The van der Waals surface area contributed by atoms with Crippen LogP contribution in [0.4, 0.5) is 0 Å². The third-order valence-corrected chi connectivity index (χ3v) is 3.97. The number of ether oxygens (including phenoxy) is 1. The summed E-state index contributed by atoms with van der Waals surface area (Å²) in [4.78, 5) is 0. The zero-order valence-corrected chi connectivity index (χ0v) is 14.2. The molecule has 2 rings (SSSR count). The van der Waals surface area contributed by atoms with Gasteiger partial charge in [-0.05, 0) is 42.5 Å². The van der Waals surface area contributed by atoms with Crippen molar-refractivity contribution in [3.05, 3.63) is 35.4 Å². The summed E-state index contributed by atoms with van der Waals surface area (Å²) in [6.45, 7) is 8.74. The van der Waals surface area contributed by atoms with Gasteiger partial charge in [-0.25, -0.2) is 4.21 Å². The van der Waals surface area contributed by atoms with Gasteiger partial charge < -0.3 is 13.5 Å². The van der Waals surface area contributed by atoms with E-state index in [1.165, 1.54) is 0 Å². The lowest BCUT2D eigenvalue weighted by molar-refractivity contribution is 0.341. The van der Waals surface area contributed by atoms with E-state index in [1.54, 1.807) is 6.07 Å². The second-order valence-electron chi connectivity index (χ2n) is 5.39. The lowest BCUT2D eigenvalue weighted by atomic mass is 10.0. The fraction of sp³-hybridized carbons (Fsp3) is 0.412. The van der Waals surface area contributed by atoms with Crippen LogP contribution in [0.1, 0.15) is 44.7 Å². The molecule has 22 heavy (non-hydrogen) atoms. The Hall–Kier alpha value is -1.59. The molecule has 0 aromatic heterocycles. The Morgan fingerprint density at radius 2 is 1.91 bits per heavy atom.